The van der Waals surface area contributed by atoms with Crippen molar-refractivity contribution in [1.82, 2.24) is 0 Å². The Hall–Kier alpha value is -0.850. The van der Waals surface area contributed by atoms with E-state index >= 15 is 0 Å². The molecule has 2 rings (SSSR count). The Kier molecular flexibility index (Phi) is 6.65. The normalized spacial score (nSPS) is 32.2. The number of hydrogen-bond donors (Lipinski definition) is 2. The first-order valence-corrected chi connectivity index (χ1v) is 9.50. The summed E-state index contributed by atoms with van der Waals surface area (Å²) in [5, 5.41) is 10.1. The fraction of sp³-hybridized carbons (Fsp3) is 0.750. The Morgan fingerprint density at radius 2 is 1.95 bits per heavy atom. The molecule has 0 aromatic carbocycles. The molecule has 1 saturated carbocycles. The van der Waals surface area contributed by atoms with Gasteiger partial charge in [0.2, 0.25) is 0 Å². The molecule has 5 nitrogen and oxygen atoms in total. The molecule has 128 valence electrons. The smallest absolute Gasteiger partial charge is 0.261 e. The van der Waals surface area contributed by atoms with Crippen LogP contribution in [0, 0.1) is 17.3 Å². The van der Waals surface area contributed by atoms with E-state index in [1.54, 1.807) is 6.26 Å². The number of aliphatic hydroxyl groups is 1. The van der Waals surface area contributed by atoms with Crippen LogP contribution in [0.15, 0.2) is 23.0 Å². The highest BCUT2D eigenvalue weighted by atomic mass is 32.2. The van der Waals surface area contributed by atoms with E-state index in [2.05, 4.69) is 20.8 Å². The molecule has 0 bridgehead atoms. The van der Waals surface area contributed by atoms with E-state index in [-0.39, 0.29) is 11.5 Å². The summed E-state index contributed by atoms with van der Waals surface area (Å²) in [7, 11) is -3.67. The quantitative estimate of drug-likeness (QED) is 0.830. The third kappa shape index (κ3) is 5.74. The molecule has 1 aromatic heterocycles. The average Bonchev–Trinajstić information content (AvgIpc) is 2.90. The molecular weight excluding hydrogens is 304 g/mol. The zero-order valence-electron chi connectivity index (χ0n) is 13.8. The summed E-state index contributed by atoms with van der Waals surface area (Å²) in [6.45, 7) is 6.87. The highest BCUT2D eigenvalue weighted by Crippen LogP contribution is 2.48. The van der Waals surface area contributed by atoms with E-state index in [0.29, 0.717) is 18.1 Å². The predicted molar refractivity (Wildman–Crippen MR) is 86.2 cm³/mol. The van der Waals surface area contributed by atoms with Crippen molar-refractivity contribution in [1.29, 1.82) is 0 Å². The van der Waals surface area contributed by atoms with E-state index in [0.717, 1.165) is 25.7 Å². The van der Waals surface area contributed by atoms with Gasteiger partial charge in [-0.2, -0.15) is 8.42 Å². The van der Waals surface area contributed by atoms with Crippen LogP contribution < -0.4 is 0 Å². The Balaban J connectivity index is 0.000000422. The summed E-state index contributed by atoms with van der Waals surface area (Å²) in [6, 6.07) is 2.04. The van der Waals surface area contributed by atoms with Gasteiger partial charge in [0.05, 0.1) is 24.9 Å². The zero-order valence-corrected chi connectivity index (χ0v) is 14.6. The van der Waals surface area contributed by atoms with Gasteiger partial charge in [0, 0.05) is 0 Å². The van der Waals surface area contributed by atoms with Crippen LogP contribution in [0.3, 0.4) is 0 Å². The maximum atomic E-state index is 10.1. The summed E-state index contributed by atoms with van der Waals surface area (Å²) < 4.78 is 31.0. The Labute approximate surface area is 133 Å². The lowest BCUT2D eigenvalue weighted by atomic mass is 9.59. The molecule has 1 aliphatic rings. The molecule has 0 saturated heterocycles. The third-order valence-corrected chi connectivity index (χ3v) is 5.17. The van der Waals surface area contributed by atoms with Gasteiger partial charge < -0.3 is 9.52 Å². The first-order valence-electron chi connectivity index (χ1n) is 7.65. The maximum absolute atomic E-state index is 10.1. The summed E-state index contributed by atoms with van der Waals surface area (Å²) >= 11 is 0. The van der Waals surface area contributed by atoms with Crippen molar-refractivity contribution in [2.75, 3.05) is 6.26 Å². The van der Waals surface area contributed by atoms with Crippen molar-refractivity contribution < 1.29 is 22.5 Å². The van der Waals surface area contributed by atoms with Gasteiger partial charge >= 0.3 is 0 Å². The van der Waals surface area contributed by atoms with Crippen LogP contribution in [0.5, 0.6) is 0 Å². The van der Waals surface area contributed by atoms with Gasteiger partial charge in [0.25, 0.3) is 10.1 Å². The summed E-state index contributed by atoms with van der Waals surface area (Å²) in [4.78, 5) is 0. The van der Waals surface area contributed by atoms with Gasteiger partial charge in [-0.15, -0.1) is 0 Å². The summed E-state index contributed by atoms with van der Waals surface area (Å²) in [6.07, 6.45) is 8.45. The van der Waals surface area contributed by atoms with Crippen LogP contribution in [0.2, 0.25) is 0 Å². The van der Waals surface area contributed by atoms with E-state index in [4.69, 9.17) is 8.97 Å². The molecule has 1 aliphatic carbocycles. The van der Waals surface area contributed by atoms with E-state index < -0.39 is 10.1 Å². The highest BCUT2D eigenvalue weighted by molar-refractivity contribution is 7.85. The molecule has 0 radical (unpaired) electrons. The van der Waals surface area contributed by atoms with Crippen LogP contribution in [0.4, 0.5) is 0 Å². The van der Waals surface area contributed by atoms with E-state index in [1.165, 1.54) is 5.56 Å². The minimum absolute atomic E-state index is 0.124. The van der Waals surface area contributed by atoms with Crippen molar-refractivity contribution in [3.8, 4) is 0 Å². The van der Waals surface area contributed by atoms with Gasteiger partial charge in [-0.25, -0.2) is 0 Å². The van der Waals surface area contributed by atoms with Gasteiger partial charge in [0.15, 0.2) is 0 Å². The second-order valence-electron chi connectivity index (χ2n) is 6.70. The fourth-order valence-electron chi connectivity index (χ4n) is 3.21. The van der Waals surface area contributed by atoms with Crippen molar-refractivity contribution >= 4 is 10.1 Å². The fourth-order valence-corrected chi connectivity index (χ4v) is 3.21. The molecule has 4 atom stereocenters. The van der Waals surface area contributed by atoms with E-state index in [1.807, 2.05) is 12.3 Å². The minimum atomic E-state index is -3.67. The molecule has 4 unspecified atom stereocenters. The molecule has 0 aliphatic heterocycles. The third-order valence-electron chi connectivity index (χ3n) is 5.17. The van der Waals surface area contributed by atoms with Crippen molar-refractivity contribution in [3.63, 3.8) is 0 Å². The molecule has 1 aromatic rings. The van der Waals surface area contributed by atoms with Gasteiger partial charge in [0.1, 0.15) is 0 Å². The number of furan rings is 1. The molecule has 22 heavy (non-hydrogen) atoms. The second kappa shape index (κ2) is 7.62. The Morgan fingerprint density at radius 1 is 1.36 bits per heavy atom. The molecule has 2 N–H and O–H groups in total. The first-order chi connectivity index (χ1) is 10.0. The lowest BCUT2D eigenvalue weighted by Gasteiger charge is -2.47. The average molecular weight is 332 g/mol. The van der Waals surface area contributed by atoms with Crippen LogP contribution in [-0.4, -0.2) is 30.4 Å². The number of aryl methyl sites for hydroxylation is 1. The molecule has 0 spiro atoms. The predicted octanol–water partition coefficient (Wildman–Crippen LogP) is 3.15. The second-order valence-corrected chi connectivity index (χ2v) is 8.17. The molecule has 0 amide bonds. The van der Waals surface area contributed by atoms with Crippen LogP contribution in [0.1, 0.15) is 45.6 Å². The van der Waals surface area contributed by atoms with Gasteiger partial charge in [-0.3, -0.25) is 4.55 Å². The molecule has 1 heterocycles. The SMILES string of the molecule is CC1CCC(O)C(C)C1(C)CCc1ccoc1.CS(=O)(=O)O. The largest absolute Gasteiger partial charge is 0.472 e. The van der Waals surface area contributed by atoms with Crippen molar-refractivity contribution in [2.45, 2.75) is 52.6 Å². The number of rotatable bonds is 3. The van der Waals surface area contributed by atoms with Crippen molar-refractivity contribution in [3.05, 3.63) is 24.2 Å². The van der Waals surface area contributed by atoms with E-state index in [9.17, 15) is 13.5 Å². The molecule has 6 heteroatoms. The standard InChI is InChI=1S/C15H24O2.CH4O3S/c1-11-4-5-14(16)12(2)15(11,3)8-6-13-7-9-17-10-13;1-5(2,3)4/h7,9-12,14,16H,4-6,8H2,1-3H3;1H3,(H,2,3,4). The van der Waals surface area contributed by atoms with Crippen LogP contribution in [0.25, 0.3) is 0 Å². The Bertz CT molecular complexity index is 529. The summed E-state index contributed by atoms with van der Waals surface area (Å²) in [5.41, 5.74) is 1.51. The lowest BCUT2D eigenvalue weighted by molar-refractivity contribution is -0.0469. The highest BCUT2D eigenvalue weighted by Gasteiger charge is 2.43. The number of hydrogen-bond acceptors (Lipinski definition) is 4. The monoisotopic (exact) mass is 332 g/mol. The maximum Gasteiger partial charge on any atom is 0.261 e. The molecular formula is C16H28O5S. The molecule has 1 fully saturated rings. The van der Waals surface area contributed by atoms with Crippen molar-refractivity contribution in [2.24, 2.45) is 17.3 Å². The Morgan fingerprint density at radius 3 is 2.45 bits per heavy atom. The lowest BCUT2D eigenvalue weighted by Crippen LogP contribution is -2.44. The number of aliphatic hydroxyl groups excluding tert-OH is 1. The minimum Gasteiger partial charge on any atom is -0.472 e. The topological polar surface area (TPSA) is 87.7 Å². The van der Waals surface area contributed by atoms with Gasteiger partial charge in [-0.1, -0.05) is 20.8 Å². The zero-order chi connectivity index (χ0) is 17.0. The van der Waals surface area contributed by atoms with Crippen LogP contribution >= 0.6 is 0 Å². The van der Waals surface area contributed by atoms with Gasteiger partial charge in [-0.05, 0) is 54.6 Å². The summed E-state index contributed by atoms with van der Waals surface area (Å²) in [5.74, 6) is 1.07. The van der Waals surface area contributed by atoms with Crippen LogP contribution in [-0.2, 0) is 16.5 Å². The first kappa shape index (κ1) is 19.2.